The van der Waals surface area contributed by atoms with Gasteiger partial charge in [0.15, 0.2) is 0 Å². The molecule has 0 aliphatic rings. The summed E-state index contributed by atoms with van der Waals surface area (Å²) in [6.45, 7) is 3.89. The molecule has 2 aromatic carbocycles. The lowest BCUT2D eigenvalue weighted by molar-refractivity contribution is -0.114. The number of esters is 1. The van der Waals surface area contributed by atoms with Gasteiger partial charge in [-0.2, -0.15) is 0 Å². The standard InChI is InChI=1S/C18H19NO4/c1-13-3-9-17(10-4-13)22-11-12-23-18(21)15-5-7-16(8-6-15)19-14(2)20/h3-10H,11-12H2,1-2H3,(H,19,20). The van der Waals surface area contributed by atoms with E-state index < -0.39 is 5.97 Å². The van der Waals surface area contributed by atoms with Gasteiger partial charge in [0.1, 0.15) is 19.0 Å². The average Bonchev–Trinajstić information content (AvgIpc) is 2.53. The van der Waals surface area contributed by atoms with Crippen molar-refractivity contribution < 1.29 is 19.1 Å². The highest BCUT2D eigenvalue weighted by Gasteiger charge is 2.07. The van der Waals surface area contributed by atoms with Crippen LogP contribution in [0.4, 0.5) is 5.69 Å². The average molecular weight is 313 g/mol. The number of nitrogens with one attached hydrogen (secondary N) is 1. The van der Waals surface area contributed by atoms with Crippen LogP contribution in [0.2, 0.25) is 0 Å². The molecule has 120 valence electrons. The van der Waals surface area contributed by atoms with Crippen molar-refractivity contribution >= 4 is 17.6 Å². The Morgan fingerprint density at radius 1 is 0.957 bits per heavy atom. The van der Waals surface area contributed by atoms with Gasteiger partial charge in [-0.05, 0) is 43.3 Å². The fourth-order valence-corrected chi connectivity index (χ4v) is 1.90. The molecule has 0 bridgehead atoms. The van der Waals surface area contributed by atoms with Crippen LogP contribution in [-0.4, -0.2) is 25.1 Å². The van der Waals surface area contributed by atoms with Gasteiger partial charge in [-0.3, -0.25) is 4.79 Å². The van der Waals surface area contributed by atoms with Crippen molar-refractivity contribution in [1.82, 2.24) is 0 Å². The highest BCUT2D eigenvalue weighted by molar-refractivity contribution is 5.92. The van der Waals surface area contributed by atoms with Gasteiger partial charge >= 0.3 is 5.97 Å². The molecule has 0 aliphatic heterocycles. The number of ether oxygens (including phenoxy) is 2. The number of rotatable bonds is 6. The van der Waals surface area contributed by atoms with Crippen molar-refractivity contribution in [1.29, 1.82) is 0 Å². The van der Waals surface area contributed by atoms with Crippen LogP contribution < -0.4 is 10.1 Å². The molecule has 0 unspecified atom stereocenters. The van der Waals surface area contributed by atoms with Crippen molar-refractivity contribution in [2.24, 2.45) is 0 Å². The number of hydrogen-bond acceptors (Lipinski definition) is 4. The summed E-state index contributed by atoms with van der Waals surface area (Å²) in [4.78, 5) is 22.8. The second kappa shape index (κ2) is 7.98. The van der Waals surface area contributed by atoms with E-state index in [-0.39, 0.29) is 12.5 Å². The van der Waals surface area contributed by atoms with E-state index in [4.69, 9.17) is 9.47 Å². The Hall–Kier alpha value is -2.82. The summed E-state index contributed by atoms with van der Waals surface area (Å²) < 4.78 is 10.6. The summed E-state index contributed by atoms with van der Waals surface area (Å²) >= 11 is 0. The highest BCUT2D eigenvalue weighted by Crippen LogP contribution is 2.12. The molecule has 0 aromatic heterocycles. The summed E-state index contributed by atoms with van der Waals surface area (Å²) in [6, 6.07) is 14.2. The van der Waals surface area contributed by atoms with Crippen LogP contribution in [-0.2, 0) is 9.53 Å². The Morgan fingerprint density at radius 2 is 1.61 bits per heavy atom. The lowest BCUT2D eigenvalue weighted by Gasteiger charge is -2.08. The summed E-state index contributed by atoms with van der Waals surface area (Å²) in [6.07, 6.45) is 0. The Balaban J connectivity index is 1.76. The van der Waals surface area contributed by atoms with Crippen LogP contribution in [0, 0.1) is 6.92 Å². The second-order valence-electron chi connectivity index (χ2n) is 5.06. The number of carbonyl (C=O) groups is 2. The number of hydrogen-bond donors (Lipinski definition) is 1. The number of benzene rings is 2. The van der Waals surface area contributed by atoms with E-state index in [0.29, 0.717) is 17.9 Å². The van der Waals surface area contributed by atoms with Crippen LogP contribution in [0.15, 0.2) is 48.5 Å². The zero-order valence-corrected chi connectivity index (χ0v) is 13.2. The maximum atomic E-state index is 11.9. The van der Waals surface area contributed by atoms with Gasteiger partial charge in [0.25, 0.3) is 0 Å². The van der Waals surface area contributed by atoms with Crippen LogP contribution >= 0.6 is 0 Å². The maximum absolute atomic E-state index is 11.9. The van der Waals surface area contributed by atoms with E-state index in [1.165, 1.54) is 6.92 Å². The molecule has 5 nitrogen and oxygen atoms in total. The monoisotopic (exact) mass is 313 g/mol. The molecule has 1 N–H and O–H groups in total. The largest absolute Gasteiger partial charge is 0.490 e. The first-order valence-corrected chi connectivity index (χ1v) is 7.29. The lowest BCUT2D eigenvalue weighted by Crippen LogP contribution is -2.12. The zero-order valence-electron chi connectivity index (χ0n) is 13.2. The van der Waals surface area contributed by atoms with Crippen molar-refractivity contribution in [3.05, 3.63) is 59.7 Å². The molecule has 1 amide bonds. The molecule has 23 heavy (non-hydrogen) atoms. The number of anilines is 1. The van der Waals surface area contributed by atoms with E-state index in [0.717, 1.165) is 11.3 Å². The molecule has 0 aliphatic carbocycles. The van der Waals surface area contributed by atoms with Gasteiger partial charge in [0, 0.05) is 12.6 Å². The maximum Gasteiger partial charge on any atom is 0.338 e. The van der Waals surface area contributed by atoms with Gasteiger partial charge in [0.2, 0.25) is 5.91 Å². The molecule has 0 saturated carbocycles. The third kappa shape index (κ3) is 5.47. The van der Waals surface area contributed by atoms with E-state index >= 15 is 0 Å². The van der Waals surface area contributed by atoms with Crippen molar-refractivity contribution in [2.45, 2.75) is 13.8 Å². The summed E-state index contributed by atoms with van der Waals surface area (Å²) in [7, 11) is 0. The van der Waals surface area contributed by atoms with Crippen molar-refractivity contribution in [3.63, 3.8) is 0 Å². The lowest BCUT2D eigenvalue weighted by atomic mass is 10.2. The first kappa shape index (κ1) is 16.5. The molecule has 0 heterocycles. The Morgan fingerprint density at radius 3 is 2.22 bits per heavy atom. The minimum absolute atomic E-state index is 0.159. The van der Waals surface area contributed by atoms with Crippen LogP contribution in [0.25, 0.3) is 0 Å². The second-order valence-corrected chi connectivity index (χ2v) is 5.06. The Bertz CT molecular complexity index is 662. The van der Waals surface area contributed by atoms with E-state index in [1.807, 2.05) is 31.2 Å². The van der Waals surface area contributed by atoms with Crippen LogP contribution in [0.1, 0.15) is 22.8 Å². The molecule has 0 fully saturated rings. The smallest absolute Gasteiger partial charge is 0.338 e. The van der Waals surface area contributed by atoms with Crippen LogP contribution in [0.3, 0.4) is 0 Å². The quantitative estimate of drug-likeness (QED) is 0.657. The molecule has 0 spiro atoms. The first-order valence-electron chi connectivity index (χ1n) is 7.29. The molecular weight excluding hydrogens is 294 g/mol. The van der Waals surface area contributed by atoms with Gasteiger partial charge < -0.3 is 14.8 Å². The van der Waals surface area contributed by atoms with Gasteiger partial charge in [-0.1, -0.05) is 17.7 Å². The predicted molar refractivity (Wildman–Crippen MR) is 87.7 cm³/mol. The normalized spacial score (nSPS) is 10.0. The molecule has 0 radical (unpaired) electrons. The predicted octanol–water partition coefficient (Wildman–Crippen LogP) is 3.19. The van der Waals surface area contributed by atoms with E-state index in [9.17, 15) is 9.59 Å². The van der Waals surface area contributed by atoms with Gasteiger partial charge in [0.05, 0.1) is 5.56 Å². The van der Waals surface area contributed by atoms with Crippen molar-refractivity contribution in [3.8, 4) is 5.75 Å². The van der Waals surface area contributed by atoms with Gasteiger partial charge in [-0.25, -0.2) is 4.79 Å². The molecule has 2 rings (SSSR count). The summed E-state index contributed by atoms with van der Waals surface area (Å²) in [5.41, 5.74) is 2.22. The van der Waals surface area contributed by atoms with E-state index in [2.05, 4.69) is 5.32 Å². The molecule has 2 aromatic rings. The molecule has 0 atom stereocenters. The zero-order chi connectivity index (χ0) is 16.7. The molecule has 5 heteroatoms. The Labute approximate surface area is 135 Å². The number of aryl methyl sites for hydroxylation is 1. The first-order chi connectivity index (χ1) is 11.0. The minimum atomic E-state index is -0.424. The topological polar surface area (TPSA) is 64.6 Å². The third-order valence-corrected chi connectivity index (χ3v) is 3.05. The third-order valence-electron chi connectivity index (χ3n) is 3.05. The van der Waals surface area contributed by atoms with Crippen molar-refractivity contribution in [2.75, 3.05) is 18.5 Å². The van der Waals surface area contributed by atoms with E-state index in [1.54, 1.807) is 24.3 Å². The fourth-order valence-electron chi connectivity index (χ4n) is 1.90. The number of amides is 1. The minimum Gasteiger partial charge on any atom is -0.490 e. The summed E-state index contributed by atoms with van der Waals surface area (Å²) in [5, 5.41) is 2.63. The Kier molecular flexibility index (Phi) is 5.74. The van der Waals surface area contributed by atoms with Gasteiger partial charge in [-0.15, -0.1) is 0 Å². The number of carbonyl (C=O) groups excluding carboxylic acids is 2. The molecular formula is C18H19NO4. The summed E-state index contributed by atoms with van der Waals surface area (Å²) in [5.74, 6) is 0.159. The highest BCUT2D eigenvalue weighted by atomic mass is 16.6. The fraction of sp³-hybridized carbons (Fsp3) is 0.222. The molecule has 0 saturated heterocycles. The SMILES string of the molecule is CC(=O)Nc1ccc(C(=O)OCCOc2ccc(C)cc2)cc1. The van der Waals surface area contributed by atoms with Crippen LogP contribution in [0.5, 0.6) is 5.75 Å².